The van der Waals surface area contributed by atoms with Crippen molar-refractivity contribution in [3.63, 3.8) is 0 Å². The molecule has 2 saturated heterocycles. The van der Waals surface area contributed by atoms with Gasteiger partial charge in [-0.15, -0.1) is 0 Å². The Morgan fingerprint density at radius 2 is 1.96 bits per heavy atom. The fourth-order valence-corrected chi connectivity index (χ4v) is 3.67. The lowest BCUT2D eigenvalue weighted by molar-refractivity contribution is -0.136. The van der Waals surface area contributed by atoms with Crippen molar-refractivity contribution in [1.82, 2.24) is 9.80 Å². The molecular weight excluding hydrogens is 334 g/mol. The van der Waals surface area contributed by atoms with Gasteiger partial charge < -0.3 is 25.4 Å². The Morgan fingerprint density at radius 1 is 1.27 bits per heavy atom. The molecule has 0 unspecified atom stereocenters. The second-order valence-corrected chi connectivity index (χ2v) is 7.15. The van der Waals surface area contributed by atoms with E-state index >= 15 is 0 Å². The first-order chi connectivity index (χ1) is 12.5. The molecule has 1 atom stereocenters. The Balaban J connectivity index is 1.51. The summed E-state index contributed by atoms with van der Waals surface area (Å²) in [5.74, 6) is -0.140. The first-order valence-electron chi connectivity index (χ1n) is 9.20. The molecule has 2 heterocycles. The first-order valence-corrected chi connectivity index (χ1v) is 9.20. The van der Waals surface area contributed by atoms with Crippen LogP contribution < -0.4 is 5.73 Å². The number of nitrogens with zero attached hydrogens (tertiary/aromatic N) is 2. The summed E-state index contributed by atoms with van der Waals surface area (Å²) in [7, 11) is 0. The van der Waals surface area contributed by atoms with Crippen molar-refractivity contribution >= 4 is 12.0 Å². The number of aliphatic hydroxyl groups excluding tert-OH is 1. The van der Waals surface area contributed by atoms with Crippen LogP contribution in [0, 0.1) is 0 Å². The number of ether oxygens (including phenoxy) is 1. The number of aliphatic hydroxyl groups is 1. The monoisotopic (exact) mass is 361 g/mol. The van der Waals surface area contributed by atoms with Gasteiger partial charge in [0.15, 0.2) is 0 Å². The summed E-state index contributed by atoms with van der Waals surface area (Å²) < 4.78 is 5.70. The SMILES string of the molecule is N[C@@H](CCO)C(=O)N1CCC2(CC1)CN(CCc1ccccc1)C(=O)O2. The highest BCUT2D eigenvalue weighted by molar-refractivity contribution is 5.81. The van der Waals surface area contributed by atoms with Crippen LogP contribution in [0.1, 0.15) is 24.8 Å². The standard InChI is InChI=1S/C19H27N3O4/c20-16(7-13-23)17(24)21-11-8-19(9-12-21)14-22(18(25)26-19)10-6-15-4-2-1-3-5-15/h1-5,16,23H,6-14,20H2/t16-/m0/s1. The van der Waals surface area contributed by atoms with Crippen LogP contribution in [0.2, 0.25) is 0 Å². The third kappa shape index (κ3) is 4.16. The van der Waals surface area contributed by atoms with Crippen molar-refractivity contribution in [2.24, 2.45) is 5.73 Å². The van der Waals surface area contributed by atoms with E-state index in [1.54, 1.807) is 9.80 Å². The Bertz CT molecular complexity index is 629. The van der Waals surface area contributed by atoms with Crippen LogP contribution in [0.5, 0.6) is 0 Å². The fourth-order valence-electron chi connectivity index (χ4n) is 3.67. The minimum absolute atomic E-state index is 0.0985. The van der Waals surface area contributed by atoms with Gasteiger partial charge in [0.2, 0.25) is 5.91 Å². The highest BCUT2D eigenvalue weighted by atomic mass is 16.6. The van der Waals surface area contributed by atoms with Crippen molar-refractivity contribution < 1.29 is 19.4 Å². The van der Waals surface area contributed by atoms with Crippen LogP contribution in [-0.4, -0.2) is 71.3 Å². The molecule has 1 aromatic rings. The number of amides is 2. The molecule has 0 aliphatic carbocycles. The molecule has 26 heavy (non-hydrogen) atoms. The number of benzene rings is 1. The fraction of sp³-hybridized carbons (Fsp3) is 0.579. The zero-order valence-corrected chi connectivity index (χ0v) is 15.0. The van der Waals surface area contributed by atoms with E-state index in [0.29, 0.717) is 39.0 Å². The van der Waals surface area contributed by atoms with E-state index in [0.717, 1.165) is 6.42 Å². The summed E-state index contributed by atoms with van der Waals surface area (Å²) in [4.78, 5) is 28.0. The van der Waals surface area contributed by atoms with E-state index in [-0.39, 0.29) is 25.0 Å². The average molecular weight is 361 g/mol. The third-order valence-electron chi connectivity index (χ3n) is 5.30. The van der Waals surface area contributed by atoms with Crippen molar-refractivity contribution in [3.05, 3.63) is 35.9 Å². The Hall–Kier alpha value is -2.12. The predicted molar refractivity (Wildman–Crippen MR) is 96.4 cm³/mol. The lowest BCUT2D eigenvalue weighted by Gasteiger charge is -2.38. The van der Waals surface area contributed by atoms with Gasteiger partial charge in [-0.25, -0.2) is 4.79 Å². The molecular formula is C19H27N3O4. The van der Waals surface area contributed by atoms with Crippen molar-refractivity contribution in [3.8, 4) is 0 Å². The van der Waals surface area contributed by atoms with Gasteiger partial charge in [0.05, 0.1) is 12.6 Å². The molecule has 3 rings (SSSR count). The quantitative estimate of drug-likeness (QED) is 0.780. The molecule has 0 aromatic heterocycles. The number of nitrogens with two attached hydrogens (primary N) is 1. The van der Waals surface area contributed by atoms with Crippen LogP contribution in [0.25, 0.3) is 0 Å². The summed E-state index contributed by atoms with van der Waals surface area (Å²) >= 11 is 0. The maximum atomic E-state index is 12.3. The molecule has 2 fully saturated rings. The maximum absolute atomic E-state index is 12.3. The van der Waals surface area contributed by atoms with E-state index in [1.165, 1.54) is 5.56 Å². The van der Waals surface area contributed by atoms with Gasteiger partial charge in [0.1, 0.15) is 5.60 Å². The van der Waals surface area contributed by atoms with Gasteiger partial charge in [-0.1, -0.05) is 30.3 Å². The molecule has 1 aromatic carbocycles. The molecule has 3 N–H and O–H groups in total. The minimum atomic E-state index is -0.664. The van der Waals surface area contributed by atoms with Gasteiger partial charge in [0, 0.05) is 39.1 Å². The van der Waals surface area contributed by atoms with Crippen LogP contribution in [0.15, 0.2) is 30.3 Å². The van der Waals surface area contributed by atoms with E-state index in [9.17, 15) is 9.59 Å². The Morgan fingerprint density at radius 3 is 2.62 bits per heavy atom. The van der Waals surface area contributed by atoms with Crippen molar-refractivity contribution in [2.75, 3.05) is 32.8 Å². The molecule has 142 valence electrons. The maximum Gasteiger partial charge on any atom is 0.410 e. The van der Waals surface area contributed by atoms with Crippen LogP contribution >= 0.6 is 0 Å². The summed E-state index contributed by atoms with van der Waals surface area (Å²) in [6, 6.07) is 9.40. The number of hydrogen-bond donors (Lipinski definition) is 2. The molecule has 2 aliphatic rings. The first kappa shape index (κ1) is 18.7. The highest BCUT2D eigenvalue weighted by Crippen LogP contribution is 2.33. The zero-order valence-electron chi connectivity index (χ0n) is 15.0. The van der Waals surface area contributed by atoms with Crippen LogP contribution in [-0.2, 0) is 16.0 Å². The lowest BCUT2D eigenvalue weighted by Crippen LogP contribution is -2.52. The van der Waals surface area contributed by atoms with Gasteiger partial charge in [-0.2, -0.15) is 0 Å². The second kappa shape index (κ2) is 8.05. The van der Waals surface area contributed by atoms with Gasteiger partial charge >= 0.3 is 6.09 Å². The van der Waals surface area contributed by atoms with E-state index in [2.05, 4.69) is 12.1 Å². The van der Waals surface area contributed by atoms with E-state index in [4.69, 9.17) is 15.6 Å². The summed E-state index contributed by atoms with van der Waals surface area (Å²) in [5, 5.41) is 8.93. The number of hydrogen-bond acceptors (Lipinski definition) is 5. The van der Waals surface area contributed by atoms with E-state index < -0.39 is 11.6 Å². The topological polar surface area (TPSA) is 96.1 Å². The smallest absolute Gasteiger partial charge is 0.410 e. The third-order valence-corrected chi connectivity index (χ3v) is 5.30. The average Bonchev–Trinajstić information content (AvgIpc) is 2.96. The summed E-state index contributed by atoms with van der Waals surface area (Å²) in [5.41, 5.74) is 6.50. The second-order valence-electron chi connectivity index (χ2n) is 7.15. The molecule has 0 bridgehead atoms. The number of carbonyl (C=O) groups excluding carboxylic acids is 2. The van der Waals surface area contributed by atoms with Crippen LogP contribution in [0.3, 0.4) is 0 Å². The highest BCUT2D eigenvalue weighted by Gasteiger charge is 2.47. The molecule has 2 aliphatic heterocycles. The normalized spacial score (nSPS) is 20.3. The molecule has 0 radical (unpaired) electrons. The van der Waals surface area contributed by atoms with Gasteiger partial charge in [0.25, 0.3) is 0 Å². The Labute approximate surface area is 153 Å². The molecule has 1 spiro atoms. The number of rotatable bonds is 6. The molecule has 0 saturated carbocycles. The van der Waals surface area contributed by atoms with Crippen LogP contribution in [0.4, 0.5) is 4.79 Å². The lowest BCUT2D eigenvalue weighted by atomic mass is 9.91. The van der Waals surface area contributed by atoms with Gasteiger partial charge in [-0.05, 0) is 18.4 Å². The Kier molecular flexibility index (Phi) is 5.78. The molecule has 2 amide bonds. The number of likely N-dealkylation sites (tertiary alicyclic amines) is 1. The number of piperidine rings is 1. The molecule has 7 heteroatoms. The minimum Gasteiger partial charge on any atom is -0.441 e. The number of carbonyl (C=O) groups is 2. The van der Waals surface area contributed by atoms with Gasteiger partial charge in [-0.3, -0.25) is 4.79 Å². The van der Waals surface area contributed by atoms with Crippen molar-refractivity contribution in [2.45, 2.75) is 37.3 Å². The summed E-state index contributed by atoms with van der Waals surface area (Å²) in [6.07, 6.45) is 2.05. The van der Waals surface area contributed by atoms with E-state index in [1.807, 2.05) is 18.2 Å². The molecule has 7 nitrogen and oxygen atoms in total. The summed E-state index contributed by atoms with van der Waals surface area (Å²) in [6.45, 7) is 2.16. The largest absolute Gasteiger partial charge is 0.441 e. The predicted octanol–water partition coefficient (Wildman–Crippen LogP) is 0.752. The van der Waals surface area contributed by atoms with Crippen molar-refractivity contribution in [1.29, 1.82) is 0 Å². The zero-order chi connectivity index (χ0) is 18.6.